The lowest BCUT2D eigenvalue weighted by Crippen LogP contribution is -2.50. The Morgan fingerprint density at radius 1 is 1.57 bits per heavy atom. The van der Waals surface area contributed by atoms with Crippen molar-refractivity contribution in [1.82, 2.24) is 10.2 Å². The van der Waals surface area contributed by atoms with E-state index >= 15 is 0 Å². The molecule has 2 heterocycles. The van der Waals surface area contributed by atoms with Crippen molar-refractivity contribution in [3.63, 3.8) is 0 Å². The third-order valence-electron chi connectivity index (χ3n) is 3.45. The van der Waals surface area contributed by atoms with Crippen molar-refractivity contribution in [3.05, 3.63) is 0 Å². The van der Waals surface area contributed by atoms with Gasteiger partial charge in [-0.1, -0.05) is 6.92 Å². The standard InChI is InChI=1S/C10H19N3O/c1-7(8-4-12-5-8)10(14)13-3-2-9(11)6-13/h7-9,12H,2-6,11H2,1H3/t7?,9-/m1/s1. The summed E-state index contributed by atoms with van der Waals surface area (Å²) in [6.07, 6.45) is 0.960. The molecule has 0 aliphatic carbocycles. The number of hydrogen-bond donors (Lipinski definition) is 2. The zero-order valence-corrected chi connectivity index (χ0v) is 8.70. The first kappa shape index (κ1) is 9.93. The molecule has 2 rings (SSSR count). The van der Waals surface area contributed by atoms with E-state index in [2.05, 4.69) is 5.32 Å². The predicted octanol–water partition coefficient (Wildman–Crippen LogP) is -0.598. The SMILES string of the molecule is CC(C(=O)N1CC[C@@H](N)C1)C1CNC1. The molecule has 2 aliphatic heterocycles. The van der Waals surface area contributed by atoms with Gasteiger partial charge in [0, 0.05) is 25.0 Å². The Hall–Kier alpha value is -0.610. The molecule has 4 heteroatoms. The second-order valence-corrected chi connectivity index (χ2v) is 4.54. The van der Waals surface area contributed by atoms with Gasteiger partial charge in [-0.2, -0.15) is 0 Å². The summed E-state index contributed by atoms with van der Waals surface area (Å²) in [5.74, 6) is 1.00. The second-order valence-electron chi connectivity index (χ2n) is 4.54. The van der Waals surface area contributed by atoms with Crippen LogP contribution >= 0.6 is 0 Å². The summed E-state index contributed by atoms with van der Waals surface area (Å²) in [4.78, 5) is 13.9. The topological polar surface area (TPSA) is 58.4 Å². The average molecular weight is 197 g/mol. The molecule has 2 aliphatic rings. The molecule has 2 atom stereocenters. The summed E-state index contributed by atoms with van der Waals surface area (Å²) in [5, 5.41) is 3.20. The largest absolute Gasteiger partial charge is 0.341 e. The molecule has 2 fully saturated rings. The lowest BCUT2D eigenvalue weighted by molar-refractivity contribution is -0.136. The molecular formula is C10H19N3O. The van der Waals surface area contributed by atoms with Crippen LogP contribution in [0.2, 0.25) is 0 Å². The van der Waals surface area contributed by atoms with Gasteiger partial charge in [0.2, 0.25) is 5.91 Å². The highest BCUT2D eigenvalue weighted by atomic mass is 16.2. The lowest BCUT2D eigenvalue weighted by atomic mass is 9.88. The Kier molecular flexibility index (Phi) is 2.74. The van der Waals surface area contributed by atoms with Crippen molar-refractivity contribution in [2.24, 2.45) is 17.6 Å². The van der Waals surface area contributed by atoms with Crippen LogP contribution in [0.15, 0.2) is 0 Å². The average Bonchev–Trinajstić information content (AvgIpc) is 2.47. The molecule has 0 radical (unpaired) electrons. The lowest BCUT2D eigenvalue weighted by Gasteiger charge is -2.33. The molecule has 0 bridgehead atoms. The van der Waals surface area contributed by atoms with E-state index in [-0.39, 0.29) is 12.0 Å². The van der Waals surface area contributed by atoms with Crippen LogP contribution in [0.4, 0.5) is 0 Å². The maximum absolute atomic E-state index is 12.0. The zero-order valence-electron chi connectivity index (χ0n) is 8.70. The van der Waals surface area contributed by atoms with Gasteiger partial charge in [-0.25, -0.2) is 0 Å². The molecule has 0 aromatic carbocycles. The predicted molar refractivity (Wildman–Crippen MR) is 54.7 cm³/mol. The third kappa shape index (κ3) is 1.77. The van der Waals surface area contributed by atoms with Crippen LogP contribution in [0.5, 0.6) is 0 Å². The van der Waals surface area contributed by atoms with Gasteiger partial charge in [0.15, 0.2) is 0 Å². The first-order chi connectivity index (χ1) is 6.68. The van der Waals surface area contributed by atoms with Gasteiger partial charge in [0.25, 0.3) is 0 Å². The van der Waals surface area contributed by atoms with E-state index in [1.54, 1.807) is 0 Å². The van der Waals surface area contributed by atoms with E-state index in [1.807, 2.05) is 11.8 Å². The van der Waals surface area contributed by atoms with E-state index in [1.165, 1.54) is 0 Å². The first-order valence-electron chi connectivity index (χ1n) is 5.43. The van der Waals surface area contributed by atoms with Crippen molar-refractivity contribution in [1.29, 1.82) is 0 Å². The first-order valence-corrected chi connectivity index (χ1v) is 5.43. The Labute approximate surface area is 84.8 Å². The van der Waals surface area contributed by atoms with E-state index < -0.39 is 0 Å². The maximum Gasteiger partial charge on any atom is 0.225 e. The number of carbonyl (C=O) groups is 1. The van der Waals surface area contributed by atoms with Gasteiger partial charge >= 0.3 is 0 Å². The minimum absolute atomic E-state index is 0.168. The highest BCUT2D eigenvalue weighted by molar-refractivity contribution is 5.79. The van der Waals surface area contributed by atoms with Crippen LogP contribution < -0.4 is 11.1 Å². The summed E-state index contributed by atoms with van der Waals surface area (Å²) >= 11 is 0. The van der Waals surface area contributed by atoms with Gasteiger partial charge in [-0.05, 0) is 25.4 Å². The molecule has 1 unspecified atom stereocenters. The molecule has 14 heavy (non-hydrogen) atoms. The Balaban J connectivity index is 1.87. The fourth-order valence-corrected chi connectivity index (χ4v) is 2.14. The fourth-order valence-electron chi connectivity index (χ4n) is 2.14. The van der Waals surface area contributed by atoms with Crippen LogP contribution in [-0.4, -0.2) is 43.0 Å². The summed E-state index contributed by atoms with van der Waals surface area (Å²) in [5.41, 5.74) is 5.78. The van der Waals surface area contributed by atoms with E-state index in [0.717, 1.165) is 32.6 Å². The number of carbonyl (C=O) groups excluding carboxylic acids is 1. The highest BCUT2D eigenvalue weighted by Gasteiger charge is 2.33. The number of hydrogen-bond acceptors (Lipinski definition) is 3. The number of rotatable bonds is 2. The molecule has 0 aromatic heterocycles. The van der Waals surface area contributed by atoms with Gasteiger partial charge < -0.3 is 16.0 Å². The Morgan fingerprint density at radius 2 is 2.29 bits per heavy atom. The summed E-state index contributed by atoms with van der Waals surface area (Å²) in [6, 6.07) is 0.200. The van der Waals surface area contributed by atoms with Crippen molar-refractivity contribution < 1.29 is 4.79 Å². The van der Waals surface area contributed by atoms with Crippen LogP contribution in [0.25, 0.3) is 0 Å². The number of nitrogens with one attached hydrogen (secondary N) is 1. The summed E-state index contributed by atoms with van der Waals surface area (Å²) < 4.78 is 0. The van der Waals surface area contributed by atoms with Crippen molar-refractivity contribution in [2.45, 2.75) is 19.4 Å². The minimum Gasteiger partial charge on any atom is -0.341 e. The summed E-state index contributed by atoms with van der Waals surface area (Å²) in [6.45, 7) is 5.63. The second kappa shape index (κ2) is 3.87. The Bertz CT molecular complexity index is 223. The molecule has 1 amide bonds. The molecule has 0 spiro atoms. The normalized spacial score (nSPS) is 30.1. The molecule has 2 saturated heterocycles. The van der Waals surface area contributed by atoms with Gasteiger partial charge in [-0.3, -0.25) is 4.79 Å². The zero-order chi connectivity index (χ0) is 10.1. The Morgan fingerprint density at radius 3 is 2.71 bits per heavy atom. The maximum atomic E-state index is 12.0. The fraction of sp³-hybridized carbons (Fsp3) is 0.900. The molecule has 80 valence electrons. The molecule has 4 nitrogen and oxygen atoms in total. The van der Waals surface area contributed by atoms with Crippen molar-refractivity contribution in [3.8, 4) is 0 Å². The van der Waals surface area contributed by atoms with Gasteiger partial charge in [0.1, 0.15) is 0 Å². The van der Waals surface area contributed by atoms with Crippen molar-refractivity contribution >= 4 is 5.91 Å². The number of nitrogens with zero attached hydrogens (tertiary/aromatic N) is 1. The van der Waals surface area contributed by atoms with E-state index in [4.69, 9.17) is 5.73 Å². The highest BCUT2D eigenvalue weighted by Crippen LogP contribution is 2.20. The molecule has 0 saturated carbocycles. The molecular weight excluding hydrogens is 178 g/mol. The van der Waals surface area contributed by atoms with Crippen LogP contribution in [0.3, 0.4) is 0 Å². The number of likely N-dealkylation sites (tertiary alicyclic amines) is 1. The van der Waals surface area contributed by atoms with Crippen LogP contribution in [-0.2, 0) is 4.79 Å². The molecule has 0 aromatic rings. The van der Waals surface area contributed by atoms with Crippen LogP contribution in [0, 0.1) is 11.8 Å². The molecule has 3 N–H and O–H groups in total. The summed E-state index contributed by atoms with van der Waals surface area (Å²) in [7, 11) is 0. The van der Waals surface area contributed by atoms with E-state index in [9.17, 15) is 4.79 Å². The van der Waals surface area contributed by atoms with Gasteiger partial charge in [0.05, 0.1) is 0 Å². The van der Waals surface area contributed by atoms with Crippen LogP contribution in [0.1, 0.15) is 13.3 Å². The monoisotopic (exact) mass is 197 g/mol. The quantitative estimate of drug-likeness (QED) is 0.621. The number of nitrogens with two attached hydrogens (primary N) is 1. The minimum atomic E-state index is 0.168. The third-order valence-corrected chi connectivity index (χ3v) is 3.45. The van der Waals surface area contributed by atoms with Gasteiger partial charge in [-0.15, -0.1) is 0 Å². The smallest absolute Gasteiger partial charge is 0.225 e. The number of amides is 1. The van der Waals surface area contributed by atoms with Crippen molar-refractivity contribution in [2.75, 3.05) is 26.2 Å². The van der Waals surface area contributed by atoms with E-state index in [0.29, 0.717) is 11.8 Å².